The maximum atomic E-state index is 14.9. The molecule has 2 aromatic carbocycles. The number of likely N-dealkylation sites (tertiary alicyclic amines) is 1. The van der Waals surface area contributed by atoms with Gasteiger partial charge in [0, 0.05) is 49.6 Å². The molecule has 1 N–H and O–H groups in total. The number of rotatable bonds is 8. The molecule has 11 nitrogen and oxygen atoms in total. The summed E-state index contributed by atoms with van der Waals surface area (Å²) in [4.78, 5) is 35.4. The summed E-state index contributed by atoms with van der Waals surface area (Å²) in [5.41, 5.74) is 4.69. The Bertz CT molecular complexity index is 2080. The number of halogens is 1. The number of benzene rings is 2. The number of piperidine rings is 1. The van der Waals surface area contributed by atoms with Crippen molar-refractivity contribution in [2.24, 2.45) is 5.92 Å². The molecule has 5 heterocycles. The van der Waals surface area contributed by atoms with E-state index in [0.29, 0.717) is 49.6 Å². The highest BCUT2D eigenvalue weighted by Gasteiger charge is 2.59. The van der Waals surface area contributed by atoms with Crippen molar-refractivity contribution in [1.82, 2.24) is 34.0 Å². The predicted molar refractivity (Wildman–Crippen MR) is 171 cm³/mol. The van der Waals surface area contributed by atoms with E-state index >= 15 is 0 Å². The van der Waals surface area contributed by atoms with Crippen LogP contribution in [0.4, 0.5) is 10.2 Å². The third kappa shape index (κ3) is 5.11. The number of carboxylic acid groups (broad SMARTS) is 1. The molecule has 2 fully saturated rings. The van der Waals surface area contributed by atoms with Crippen LogP contribution in [0.5, 0.6) is 0 Å². The smallest absolute Gasteiger partial charge is 0.335 e. The molecule has 1 saturated carbocycles. The zero-order valence-corrected chi connectivity index (χ0v) is 26.1. The Balaban J connectivity index is 1.01. The quantitative estimate of drug-likeness (QED) is 0.263. The minimum atomic E-state index is -0.960. The molecule has 1 saturated heterocycles. The molecule has 8 rings (SSSR count). The summed E-state index contributed by atoms with van der Waals surface area (Å²) in [6.07, 6.45) is 8.12. The summed E-state index contributed by atoms with van der Waals surface area (Å²) in [6, 6.07) is 12.2. The fourth-order valence-corrected chi connectivity index (χ4v) is 7.59. The van der Waals surface area contributed by atoms with E-state index in [4.69, 9.17) is 15.0 Å². The van der Waals surface area contributed by atoms with Crippen LogP contribution in [0.1, 0.15) is 64.2 Å². The lowest BCUT2D eigenvalue weighted by Gasteiger charge is -2.32. The molecule has 3 aromatic heterocycles. The molecule has 2 atom stereocenters. The second-order valence-electron chi connectivity index (χ2n) is 13.0. The molecule has 2 aliphatic heterocycles. The van der Waals surface area contributed by atoms with Crippen LogP contribution >= 0.6 is 0 Å². The summed E-state index contributed by atoms with van der Waals surface area (Å²) in [5, 5.41) is 18.9. The van der Waals surface area contributed by atoms with Gasteiger partial charge in [0.2, 0.25) is 0 Å². The van der Waals surface area contributed by atoms with Crippen LogP contribution in [-0.4, -0.2) is 64.7 Å². The molecule has 1 aliphatic carbocycles. The summed E-state index contributed by atoms with van der Waals surface area (Å²) < 4.78 is 19.1. The first kappa shape index (κ1) is 29.3. The van der Waals surface area contributed by atoms with Gasteiger partial charge in [-0.25, -0.2) is 29.1 Å². The van der Waals surface area contributed by atoms with Crippen LogP contribution in [0.3, 0.4) is 0 Å². The molecule has 0 radical (unpaired) electrons. The number of carbonyl (C=O) groups is 1. The van der Waals surface area contributed by atoms with Crippen molar-refractivity contribution in [3.8, 4) is 6.07 Å². The lowest BCUT2D eigenvalue weighted by Crippen LogP contribution is -2.37. The third-order valence-electron chi connectivity index (χ3n) is 10.3. The van der Waals surface area contributed by atoms with Gasteiger partial charge in [-0.3, -0.25) is 4.90 Å². The summed E-state index contributed by atoms with van der Waals surface area (Å²) >= 11 is 0. The van der Waals surface area contributed by atoms with Crippen LogP contribution in [0.15, 0.2) is 55.1 Å². The molecule has 0 bridgehead atoms. The van der Waals surface area contributed by atoms with Gasteiger partial charge < -0.3 is 19.1 Å². The molecule has 3 aliphatic rings. The molecule has 0 unspecified atom stereocenters. The number of fused-ring (bicyclic) bond motifs is 3. The van der Waals surface area contributed by atoms with E-state index in [0.717, 1.165) is 72.2 Å². The Kier molecular flexibility index (Phi) is 7.02. The largest absolute Gasteiger partial charge is 0.478 e. The number of aromatic nitrogens is 6. The topological polar surface area (TPSA) is 129 Å². The minimum absolute atomic E-state index is 0.0582. The van der Waals surface area contributed by atoms with E-state index in [1.165, 1.54) is 6.07 Å². The molecule has 238 valence electrons. The average Bonchev–Trinajstić information content (AvgIpc) is 3.49. The zero-order chi connectivity index (χ0) is 32.3. The van der Waals surface area contributed by atoms with Crippen LogP contribution in [0.25, 0.3) is 11.0 Å². The molecule has 12 heteroatoms. The van der Waals surface area contributed by atoms with Gasteiger partial charge in [-0.05, 0) is 80.6 Å². The Morgan fingerprint density at radius 3 is 2.87 bits per heavy atom. The maximum Gasteiger partial charge on any atom is 0.335 e. The standard InChI is InChI=1S/C35H34FN9O2/c1-2-43-21-38-16-26(43)18-45-30-13-24(33(46)47)3-4-29(30)40-32(45)20-42-10-7-35(14-25(35)17-42)34-39-8-5-31(41-34)44-9-6-23-11-22(15-37)12-28(36)27(23)19-44/h3-5,8,11-13,16,21,25H,2,6-7,9-10,14,17-20H2,1H3,(H,46,47)/t25-,35+/m1/s1. The van der Waals surface area contributed by atoms with Crippen LogP contribution in [0, 0.1) is 23.1 Å². The lowest BCUT2D eigenvalue weighted by atomic mass is 9.94. The first-order valence-corrected chi connectivity index (χ1v) is 16.1. The Labute approximate surface area is 270 Å². The van der Waals surface area contributed by atoms with Crippen molar-refractivity contribution in [3.05, 3.63) is 101 Å². The van der Waals surface area contributed by atoms with Gasteiger partial charge in [-0.2, -0.15) is 5.26 Å². The maximum absolute atomic E-state index is 14.9. The van der Waals surface area contributed by atoms with Gasteiger partial charge in [0.25, 0.3) is 0 Å². The number of aromatic carboxylic acids is 1. The Morgan fingerprint density at radius 1 is 1.17 bits per heavy atom. The van der Waals surface area contributed by atoms with E-state index in [1.54, 1.807) is 24.3 Å². The van der Waals surface area contributed by atoms with Gasteiger partial charge in [0.1, 0.15) is 23.3 Å². The van der Waals surface area contributed by atoms with Crippen LogP contribution in [0.2, 0.25) is 0 Å². The first-order valence-electron chi connectivity index (χ1n) is 16.1. The number of anilines is 1. The van der Waals surface area contributed by atoms with E-state index in [-0.39, 0.29) is 16.8 Å². The van der Waals surface area contributed by atoms with Crippen molar-refractivity contribution in [3.63, 3.8) is 0 Å². The van der Waals surface area contributed by atoms with Crippen molar-refractivity contribution >= 4 is 22.8 Å². The van der Waals surface area contributed by atoms with Crippen LogP contribution < -0.4 is 4.90 Å². The number of aryl methyl sites for hydroxylation is 1. The molecular formula is C35H34FN9O2. The van der Waals surface area contributed by atoms with E-state index in [1.807, 2.05) is 24.8 Å². The van der Waals surface area contributed by atoms with Gasteiger partial charge >= 0.3 is 5.97 Å². The number of nitriles is 1. The fourth-order valence-electron chi connectivity index (χ4n) is 7.59. The van der Waals surface area contributed by atoms with Crippen molar-refractivity contribution < 1.29 is 14.3 Å². The molecule has 0 spiro atoms. The number of nitrogens with zero attached hydrogens (tertiary/aromatic N) is 9. The molecule has 5 aromatic rings. The van der Waals surface area contributed by atoms with E-state index in [9.17, 15) is 19.6 Å². The van der Waals surface area contributed by atoms with Crippen molar-refractivity contribution in [2.45, 2.75) is 57.8 Å². The summed E-state index contributed by atoms with van der Waals surface area (Å²) in [6.45, 7) is 6.95. The fraction of sp³-hybridized carbons (Fsp3) is 0.371. The molecule has 47 heavy (non-hydrogen) atoms. The van der Waals surface area contributed by atoms with Gasteiger partial charge in [-0.15, -0.1) is 0 Å². The van der Waals surface area contributed by atoms with Gasteiger partial charge in [0.05, 0.1) is 53.3 Å². The summed E-state index contributed by atoms with van der Waals surface area (Å²) in [5.74, 6) is 1.71. The number of hydrogen-bond donors (Lipinski definition) is 1. The summed E-state index contributed by atoms with van der Waals surface area (Å²) in [7, 11) is 0. The molecular weight excluding hydrogens is 597 g/mol. The zero-order valence-electron chi connectivity index (χ0n) is 26.1. The number of hydrogen-bond acceptors (Lipinski definition) is 8. The highest BCUT2D eigenvalue weighted by molar-refractivity contribution is 5.92. The minimum Gasteiger partial charge on any atom is -0.478 e. The predicted octanol–water partition coefficient (Wildman–Crippen LogP) is 4.53. The highest BCUT2D eigenvalue weighted by atomic mass is 19.1. The van der Waals surface area contributed by atoms with E-state index in [2.05, 4.69) is 36.9 Å². The van der Waals surface area contributed by atoms with Gasteiger partial charge in [-0.1, -0.05) is 0 Å². The van der Waals surface area contributed by atoms with Gasteiger partial charge in [0.15, 0.2) is 0 Å². The highest BCUT2D eigenvalue weighted by Crippen LogP contribution is 2.58. The third-order valence-corrected chi connectivity index (χ3v) is 10.3. The second kappa shape index (κ2) is 11.3. The van der Waals surface area contributed by atoms with Crippen LogP contribution in [-0.2, 0) is 38.0 Å². The Hall–Kier alpha value is -5.15. The number of carboxylic acids is 1. The molecule has 0 amide bonds. The van der Waals surface area contributed by atoms with Crippen molar-refractivity contribution in [2.75, 3.05) is 24.5 Å². The van der Waals surface area contributed by atoms with Crippen molar-refractivity contribution in [1.29, 1.82) is 5.26 Å². The monoisotopic (exact) mass is 631 g/mol. The Morgan fingerprint density at radius 2 is 2.06 bits per heavy atom. The number of imidazole rings is 2. The average molecular weight is 632 g/mol. The van der Waals surface area contributed by atoms with E-state index < -0.39 is 5.97 Å². The second-order valence-corrected chi connectivity index (χ2v) is 13.0. The lowest BCUT2D eigenvalue weighted by molar-refractivity contribution is 0.0697. The SMILES string of the molecule is CCn1cncc1Cn1c(CN2CC[C@]3(c4nccc(N5CCc6cc(C#N)cc(F)c6C5)n4)C[C@@H]3C2)nc2ccc(C(=O)O)cc21. The first-order chi connectivity index (χ1) is 22.8. The normalized spacial score (nSPS) is 20.5.